The third kappa shape index (κ3) is 1.22. The molecule has 1 aliphatic heterocycles. The van der Waals surface area contributed by atoms with Gasteiger partial charge >= 0.3 is 0 Å². The standard InChI is InChI=1S/C13H11NO/c14-11-7-8-15-12-6-5-9-3-1-2-4-10(9)13(11)12/h1-8,11H,14H2. The van der Waals surface area contributed by atoms with Crippen LogP contribution in [0.2, 0.25) is 0 Å². The Labute approximate surface area is 88.0 Å². The van der Waals surface area contributed by atoms with Gasteiger partial charge in [-0.15, -0.1) is 0 Å². The van der Waals surface area contributed by atoms with Crippen molar-refractivity contribution in [3.8, 4) is 5.75 Å². The van der Waals surface area contributed by atoms with Gasteiger partial charge in [0.1, 0.15) is 5.75 Å². The maximum atomic E-state index is 6.05. The van der Waals surface area contributed by atoms with Crippen LogP contribution < -0.4 is 10.5 Å². The van der Waals surface area contributed by atoms with E-state index in [2.05, 4.69) is 18.2 Å². The fraction of sp³-hybridized carbons (Fsp3) is 0.0769. The van der Waals surface area contributed by atoms with Crippen molar-refractivity contribution in [3.05, 3.63) is 54.3 Å². The molecule has 1 heterocycles. The van der Waals surface area contributed by atoms with Crippen molar-refractivity contribution in [2.24, 2.45) is 5.73 Å². The van der Waals surface area contributed by atoms with Crippen molar-refractivity contribution in [2.45, 2.75) is 6.04 Å². The van der Waals surface area contributed by atoms with Crippen molar-refractivity contribution in [1.29, 1.82) is 0 Å². The van der Waals surface area contributed by atoms with Crippen LogP contribution in [-0.2, 0) is 0 Å². The molecule has 0 amide bonds. The summed E-state index contributed by atoms with van der Waals surface area (Å²) in [5.41, 5.74) is 7.12. The highest BCUT2D eigenvalue weighted by Gasteiger charge is 2.16. The van der Waals surface area contributed by atoms with Crippen molar-refractivity contribution >= 4 is 10.8 Å². The van der Waals surface area contributed by atoms with Crippen LogP contribution in [0.4, 0.5) is 0 Å². The Hall–Kier alpha value is -1.80. The van der Waals surface area contributed by atoms with Gasteiger partial charge in [-0.2, -0.15) is 0 Å². The zero-order chi connectivity index (χ0) is 10.3. The van der Waals surface area contributed by atoms with Gasteiger partial charge in [-0.25, -0.2) is 0 Å². The van der Waals surface area contributed by atoms with E-state index in [-0.39, 0.29) is 6.04 Å². The van der Waals surface area contributed by atoms with Crippen LogP contribution in [0.3, 0.4) is 0 Å². The van der Waals surface area contributed by atoms with Crippen molar-refractivity contribution in [3.63, 3.8) is 0 Å². The molecule has 0 saturated carbocycles. The van der Waals surface area contributed by atoms with Crippen molar-refractivity contribution in [2.75, 3.05) is 0 Å². The Morgan fingerprint density at radius 2 is 1.93 bits per heavy atom. The molecule has 1 aliphatic rings. The van der Waals surface area contributed by atoms with Crippen LogP contribution in [0, 0.1) is 0 Å². The summed E-state index contributed by atoms with van der Waals surface area (Å²) >= 11 is 0. The second kappa shape index (κ2) is 3.11. The quantitative estimate of drug-likeness (QED) is 0.704. The summed E-state index contributed by atoms with van der Waals surface area (Å²) in [4.78, 5) is 0. The SMILES string of the molecule is NC1C=COc2ccc3ccccc3c21. The Balaban J connectivity index is 2.38. The number of hydrogen-bond acceptors (Lipinski definition) is 2. The van der Waals surface area contributed by atoms with E-state index in [1.54, 1.807) is 6.26 Å². The minimum Gasteiger partial charge on any atom is -0.465 e. The number of benzene rings is 2. The predicted molar refractivity (Wildman–Crippen MR) is 60.6 cm³/mol. The first-order chi connectivity index (χ1) is 7.36. The Kier molecular flexibility index (Phi) is 1.76. The first-order valence-corrected chi connectivity index (χ1v) is 4.97. The minimum atomic E-state index is -0.0696. The first-order valence-electron chi connectivity index (χ1n) is 4.97. The van der Waals surface area contributed by atoms with E-state index in [9.17, 15) is 0 Å². The Bertz CT molecular complexity index is 545. The molecule has 3 rings (SSSR count). The van der Waals surface area contributed by atoms with E-state index < -0.39 is 0 Å². The maximum Gasteiger partial charge on any atom is 0.132 e. The molecule has 2 nitrogen and oxygen atoms in total. The minimum absolute atomic E-state index is 0.0696. The highest BCUT2D eigenvalue weighted by Crippen LogP contribution is 2.35. The lowest BCUT2D eigenvalue weighted by Gasteiger charge is -2.19. The van der Waals surface area contributed by atoms with Crippen molar-refractivity contribution < 1.29 is 4.74 Å². The lowest BCUT2D eigenvalue weighted by molar-refractivity contribution is 0.456. The van der Waals surface area contributed by atoms with Crippen LogP contribution in [0.1, 0.15) is 11.6 Å². The van der Waals surface area contributed by atoms with Gasteiger partial charge in [-0.1, -0.05) is 30.3 Å². The summed E-state index contributed by atoms with van der Waals surface area (Å²) in [7, 11) is 0. The van der Waals surface area contributed by atoms with Crippen LogP contribution in [0.25, 0.3) is 10.8 Å². The van der Waals surface area contributed by atoms with E-state index >= 15 is 0 Å². The fourth-order valence-electron chi connectivity index (χ4n) is 2.02. The first kappa shape index (κ1) is 8.50. The van der Waals surface area contributed by atoms with E-state index in [0.717, 1.165) is 11.3 Å². The van der Waals surface area contributed by atoms with Gasteiger partial charge in [0.15, 0.2) is 0 Å². The van der Waals surface area contributed by atoms with Gasteiger partial charge < -0.3 is 10.5 Å². The second-order valence-electron chi connectivity index (χ2n) is 3.67. The molecule has 1 atom stereocenters. The summed E-state index contributed by atoms with van der Waals surface area (Å²) in [6, 6.07) is 12.2. The van der Waals surface area contributed by atoms with E-state index in [4.69, 9.17) is 10.5 Å². The maximum absolute atomic E-state index is 6.05. The van der Waals surface area contributed by atoms with Crippen LogP contribution >= 0.6 is 0 Å². The topological polar surface area (TPSA) is 35.2 Å². The van der Waals surface area contributed by atoms with Crippen LogP contribution in [-0.4, -0.2) is 0 Å². The second-order valence-corrected chi connectivity index (χ2v) is 3.67. The van der Waals surface area contributed by atoms with Gasteiger partial charge in [-0.3, -0.25) is 0 Å². The smallest absolute Gasteiger partial charge is 0.132 e. The largest absolute Gasteiger partial charge is 0.465 e. The molecule has 0 aromatic heterocycles. The third-order valence-electron chi connectivity index (χ3n) is 2.74. The van der Waals surface area contributed by atoms with E-state index in [1.807, 2.05) is 24.3 Å². The van der Waals surface area contributed by atoms with Crippen molar-refractivity contribution in [1.82, 2.24) is 0 Å². The third-order valence-corrected chi connectivity index (χ3v) is 2.74. The molecule has 0 radical (unpaired) electrons. The molecule has 0 bridgehead atoms. The molecular weight excluding hydrogens is 186 g/mol. The van der Waals surface area contributed by atoms with Gasteiger partial charge in [-0.05, 0) is 22.9 Å². The highest BCUT2D eigenvalue weighted by atomic mass is 16.5. The lowest BCUT2D eigenvalue weighted by atomic mass is 9.97. The average Bonchev–Trinajstić information content (AvgIpc) is 2.29. The zero-order valence-electron chi connectivity index (χ0n) is 8.18. The van der Waals surface area contributed by atoms with Gasteiger partial charge in [0.05, 0.1) is 12.3 Å². The number of fused-ring (bicyclic) bond motifs is 3. The molecular formula is C13H11NO. The van der Waals surface area contributed by atoms with Gasteiger partial charge in [0.25, 0.3) is 0 Å². The number of rotatable bonds is 0. The summed E-state index contributed by atoms with van der Waals surface area (Å²) in [5, 5.41) is 2.37. The summed E-state index contributed by atoms with van der Waals surface area (Å²) < 4.78 is 5.44. The molecule has 2 N–H and O–H groups in total. The molecule has 2 heteroatoms. The number of nitrogens with two attached hydrogens (primary N) is 1. The summed E-state index contributed by atoms with van der Waals surface area (Å²) in [5.74, 6) is 0.865. The van der Waals surface area contributed by atoms with Crippen LogP contribution in [0.5, 0.6) is 5.75 Å². The number of ether oxygens (including phenoxy) is 1. The predicted octanol–water partition coefficient (Wildman–Crippen LogP) is 2.75. The molecule has 2 aromatic rings. The summed E-state index contributed by atoms with van der Waals surface area (Å²) in [6.07, 6.45) is 3.52. The van der Waals surface area contributed by atoms with Gasteiger partial charge in [0, 0.05) is 5.56 Å². The van der Waals surface area contributed by atoms with Crippen LogP contribution in [0.15, 0.2) is 48.7 Å². The molecule has 1 unspecified atom stereocenters. The monoisotopic (exact) mass is 197 g/mol. The molecule has 0 fully saturated rings. The molecule has 0 spiro atoms. The molecule has 0 saturated heterocycles. The lowest BCUT2D eigenvalue weighted by Crippen LogP contribution is -2.12. The summed E-state index contributed by atoms with van der Waals surface area (Å²) in [6.45, 7) is 0. The van der Waals surface area contributed by atoms with E-state index in [1.165, 1.54) is 10.8 Å². The zero-order valence-corrected chi connectivity index (χ0v) is 8.18. The average molecular weight is 197 g/mol. The Morgan fingerprint density at radius 1 is 1.07 bits per heavy atom. The molecule has 74 valence electrons. The molecule has 15 heavy (non-hydrogen) atoms. The normalized spacial score (nSPS) is 18.6. The fourth-order valence-corrected chi connectivity index (χ4v) is 2.02. The highest BCUT2D eigenvalue weighted by molar-refractivity contribution is 5.88. The number of hydrogen-bond donors (Lipinski definition) is 1. The Morgan fingerprint density at radius 3 is 2.87 bits per heavy atom. The van der Waals surface area contributed by atoms with Gasteiger partial charge in [0.2, 0.25) is 0 Å². The molecule has 2 aromatic carbocycles. The van der Waals surface area contributed by atoms with E-state index in [0.29, 0.717) is 0 Å². The molecule has 0 aliphatic carbocycles.